The van der Waals surface area contributed by atoms with Crippen LogP contribution >= 0.6 is 0 Å². The molecule has 0 saturated carbocycles. The van der Waals surface area contributed by atoms with Crippen molar-refractivity contribution >= 4 is 5.78 Å². The van der Waals surface area contributed by atoms with E-state index in [4.69, 9.17) is 15.3 Å². The number of alkyl halides is 3. The quantitative estimate of drug-likeness (QED) is 0.497. The van der Waals surface area contributed by atoms with Crippen LogP contribution in [0.15, 0.2) is 12.1 Å². The molecule has 0 aliphatic carbocycles. The summed E-state index contributed by atoms with van der Waals surface area (Å²) in [5.74, 6) is -5.57. The fourth-order valence-corrected chi connectivity index (χ4v) is 0.905. The monoisotopic (exact) mass is 222 g/mol. The summed E-state index contributed by atoms with van der Waals surface area (Å²) in [6, 6.07) is 1.24. The SMILES string of the molecule is O=C(c1ccc(O)c(O)c1O)C(F)(F)F. The van der Waals surface area contributed by atoms with Gasteiger partial charge in [-0.25, -0.2) is 0 Å². The summed E-state index contributed by atoms with van der Waals surface area (Å²) in [6.45, 7) is 0. The smallest absolute Gasteiger partial charge is 0.455 e. The molecule has 0 aliphatic rings. The molecule has 1 aromatic carbocycles. The summed E-state index contributed by atoms with van der Waals surface area (Å²) in [5.41, 5.74) is -1.11. The van der Waals surface area contributed by atoms with Crippen molar-refractivity contribution in [1.82, 2.24) is 0 Å². The Hall–Kier alpha value is -1.92. The van der Waals surface area contributed by atoms with Gasteiger partial charge >= 0.3 is 6.18 Å². The fraction of sp³-hybridized carbons (Fsp3) is 0.125. The first-order valence-electron chi connectivity index (χ1n) is 3.60. The predicted molar refractivity (Wildman–Crippen MR) is 41.8 cm³/mol. The van der Waals surface area contributed by atoms with E-state index in [0.717, 1.165) is 0 Å². The van der Waals surface area contributed by atoms with Gasteiger partial charge in [0.25, 0.3) is 5.78 Å². The number of benzene rings is 1. The van der Waals surface area contributed by atoms with Crippen molar-refractivity contribution in [3.63, 3.8) is 0 Å². The third kappa shape index (κ3) is 1.95. The molecule has 1 aromatic rings. The van der Waals surface area contributed by atoms with Gasteiger partial charge in [-0.05, 0) is 12.1 Å². The highest BCUT2D eigenvalue weighted by Gasteiger charge is 2.41. The Morgan fingerprint density at radius 3 is 2.07 bits per heavy atom. The molecular formula is C8H5F3O4. The average Bonchev–Trinajstić information content (AvgIpc) is 2.12. The summed E-state index contributed by atoms with van der Waals surface area (Å²) >= 11 is 0. The van der Waals surface area contributed by atoms with E-state index < -0.39 is 34.8 Å². The Labute approximate surface area is 81.2 Å². The van der Waals surface area contributed by atoms with E-state index in [9.17, 15) is 18.0 Å². The number of halogens is 3. The number of hydrogen-bond donors (Lipinski definition) is 3. The summed E-state index contributed by atoms with van der Waals surface area (Å²) < 4.78 is 35.8. The number of ketones is 1. The van der Waals surface area contributed by atoms with E-state index >= 15 is 0 Å². The molecule has 0 amide bonds. The molecule has 0 saturated heterocycles. The Bertz CT molecular complexity index is 411. The lowest BCUT2D eigenvalue weighted by Crippen LogP contribution is -2.22. The number of rotatable bonds is 1. The van der Waals surface area contributed by atoms with E-state index in [-0.39, 0.29) is 0 Å². The van der Waals surface area contributed by atoms with Gasteiger partial charge in [-0.1, -0.05) is 0 Å². The highest BCUT2D eigenvalue weighted by molar-refractivity contribution is 6.03. The van der Waals surface area contributed by atoms with Gasteiger partial charge in [0, 0.05) is 0 Å². The Balaban J connectivity index is 3.29. The van der Waals surface area contributed by atoms with Crippen LogP contribution in [-0.4, -0.2) is 27.3 Å². The van der Waals surface area contributed by atoms with E-state index in [1.807, 2.05) is 0 Å². The molecule has 0 spiro atoms. The average molecular weight is 222 g/mol. The molecule has 0 unspecified atom stereocenters. The van der Waals surface area contributed by atoms with Crippen molar-refractivity contribution in [3.05, 3.63) is 17.7 Å². The summed E-state index contributed by atoms with van der Waals surface area (Å²) in [5, 5.41) is 26.7. The number of phenolic OH excluding ortho intramolecular Hbond substituents is 3. The first kappa shape index (κ1) is 11.2. The van der Waals surface area contributed by atoms with Crippen molar-refractivity contribution < 1.29 is 33.3 Å². The summed E-state index contributed by atoms with van der Waals surface area (Å²) in [7, 11) is 0. The molecule has 0 radical (unpaired) electrons. The number of carbonyl (C=O) groups excluding carboxylic acids is 1. The van der Waals surface area contributed by atoms with E-state index in [1.54, 1.807) is 0 Å². The maximum Gasteiger partial charge on any atom is 0.455 e. The zero-order valence-electron chi connectivity index (χ0n) is 7.04. The lowest BCUT2D eigenvalue weighted by molar-refractivity contribution is -0.0886. The second-order valence-electron chi connectivity index (χ2n) is 2.66. The van der Waals surface area contributed by atoms with Gasteiger partial charge in [0.1, 0.15) is 0 Å². The van der Waals surface area contributed by atoms with Crippen LogP contribution in [0.1, 0.15) is 10.4 Å². The van der Waals surface area contributed by atoms with Gasteiger partial charge in [-0.15, -0.1) is 0 Å². The number of aromatic hydroxyl groups is 3. The number of hydrogen-bond acceptors (Lipinski definition) is 4. The van der Waals surface area contributed by atoms with E-state index in [1.165, 1.54) is 0 Å². The second kappa shape index (κ2) is 3.34. The van der Waals surface area contributed by atoms with Gasteiger partial charge in [0.2, 0.25) is 5.75 Å². The van der Waals surface area contributed by atoms with Crippen molar-refractivity contribution in [2.45, 2.75) is 6.18 Å². The van der Waals surface area contributed by atoms with Crippen LogP contribution in [0.4, 0.5) is 13.2 Å². The van der Waals surface area contributed by atoms with Crippen molar-refractivity contribution in [2.24, 2.45) is 0 Å². The third-order valence-electron chi connectivity index (χ3n) is 1.63. The van der Waals surface area contributed by atoms with Gasteiger partial charge in [-0.2, -0.15) is 13.2 Å². The largest absolute Gasteiger partial charge is 0.504 e. The second-order valence-corrected chi connectivity index (χ2v) is 2.66. The number of carbonyl (C=O) groups is 1. The topological polar surface area (TPSA) is 77.8 Å². The van der Waals surface area contributed by atoms with Crippen LogP contribution in [0.5, 0.6) is 17.2 Å². The van der Waals surface area contributed by atoms with Gasteiger partial charge < -0.3 is 15.3 Å². The molecule has 82 valence electrons. The maximum absolute atomic E-state index is 11.9. The van der Waals surface area contributed by atoms with E-state index in [2.05, 4.69) is 0 Å². The molecule has 4 nitrogen and oxygen atoms in total. The molecule has 0 fully saturated rings. The zero-order valence-corrected chi connectivity index (χ0v) is 7.04. The molecule has 0 atom stereocenters. The maximum atomic E-state index is 11.9. The minimum Gasteiger partial charge on any atom is -0.504 e. The molecule has 1 rings (SSSR count). The van der Waals surface area contributed by atoms with Crippen molar-refractivity contribution in [2.75, 3.05) is 0 Å². The number of phenols is 3. The Morgan fingerprint density at radius 2 is 1.60 bits per heavy atom. The molecule has 0 bridgehead atoms. The standard InChI is InChI=1S/C8H5F3O4/c9-8(10,11)7(15)3-1-2-4(12)6(14)5(3)13/h1-2,12-14H. The van der Waals surface area contributed by atoms with Crippen LogP contribution < -0.4 is 0 Å². The molecule has 15 heavy (non-hydrogen) atoms. The molecule has 0 heterocycles. The highest BCUT2D eigenvalue weighted by atomic mass is 19.4. The van der Waals surface area contributed by atoms with Gasteiger partial charge in [-0.3, -0.25) is 4.79 Å². The first-order valence-corrected chi connectivity index (χ1v) is 3.60. The van der Waals surface area contributed by atoms with Crippen molar-refractivity contribution in [3.8, 4) is 17.2 Å². The normalized spacial score (nSPS) is 11.4. The van der Waals surface area contributed by atoms with Gasteiger partial charge in [0.15, 0.2) is 11.5 Å². The zero-order chi connectivity index (χ0) is 11.8. The highest BCUT2D eigenvalue weighted by Crippen LogP contribution is 2.39. The molecular weight excluding hydrogens is 217 g/mol. The molecule has 7 heteroatoms. The van der Waals surface area contributed by atoms with Crippen LogP contribution in [0.25, 0.3) is 0 Å². The van der Waals surface area contributed by atoms with Gasteiger partial charge in [0.05, 0.1) is 5.56 Å². The summed E-state index contributed by atoms with van der Waals surface area (Å²) in [6.07, 6.45) is -5.15. The minimum atomic E-state index is -5.15. The lowest BCUT2D eigenvalue weighted by Gasteiger charge is -2.08. The predicted octanol–water partition coefficient (Wildman–Crippen LogP) is 1.55. The first-order chi connectivity index (χ1) is 6.75. The van der Waals surface area contributed by atoms with Crippen LogP contribution in [-0.2, 0) is 0 Å². The summed E-state index contributed by atoms with van der Waals surface area (Å²) in [4.78, 5) is 10.7. The molecule has 0 aliphatic heterocycles. The fourth-order valence-electron chi connectivity index (χ4n) is 0.905. The van der Waals surface area contributed by atoms with Crippen LogP contribution in [0.3, 0.4) is 0 Å². The third-order valence-corrected chi connectivity index (χ3v) is 1.63. The molecule has 0 aromatic heterocycles. The van der Waals surface area contributed by atoms with Crippen molar-refractivity contribution in [1.29, 1.82) is 0 Å². The number of Topliss-reactive ketones (excluding diaryl/α,β-unsaturated/α-hetero) is 1. The Kier molecular flexibility index (Phi) is 2.48. The van der Waals surface area contributed by atoms with Crippen LogP contribution in [0.2, 0.25) is 0 Å². The molecule has 3 N–H and O–H groups in total. The van der Waals surface area contributed by atoms with E-state index in [0.29, 0.717) is 12.1 Å². The Morgan fingerprint density at radius 1 is 1.07 bits per heavy atom. The lowest BCUT2D eigenvalue weighted by atomic mass is 10.1. The van der Waals surface area contributed by atoms with Crippen LogP contribution in [0, 0.1) is 0 Å². The minimum absolute atomic E-state index is 0.570.